The molecule has 3 aliphatic rings. The monoisotopic (exact) mass is 489 g/mol. The predicted molar refractivity (Wildman–Crippen MR) is 118 cm³/mol. The Morgan fingerprint density at radius 3 is 1.39 bits per heavy atom. The number of rotatable bonds is 2. The zero-order chi connectivity index (χ0) is 19.3. The summed E-state index contributed by atoms with van der Waals surface area (Å²) >= 11 is -0.826. The zero-order valence-corrected chi connectivity index (χ0v) is 20.5. The van der Waals surface area contributed by atoms with Crippen LogP contribution in [0.5, 0.6) is 0 Å². The van der Waals surface area contributed by atoms with Crippen LogP contribution in [-0.4, -0.2) is 0 Å². The van der Waals surface area contributed by atoms with Gasteiger partial charge in [0.25, 0.3) is 0 Å². The molecule has 2 aromatic carbocycles. The first-order valence-electron chi connectivity index (χ1n) is 10.9. The van der Waals surface area contributed by atoms with Gasteiger partial charge in [0.1, 0.15) is 0 Å². The van der Waals surface area contributed by atoms with Crippen LogP contribution < -0.4 is 0 Å². The van der Waals surface area contributed by atoms with Gasteiger partial charge in [-0.25, -0.2) is 0 Å². The van der Waals surface area contributed by atoms with Crippen molar-refractivity contribution in [1.82, 2.24) is 0 Å². The van der Waals surface area contributed by atoms with Crippen molar-refractivity contribution in [3.8, 4) is 11.1 Å². The van der Waals surface area contributed by atoms with E-state index in [1.807, 2.05) is 0 Å². The van der Waals surface area contributed by atoms with E-state index in [4.69, 9.17) is 17.0 Å². The molecule has 0 heterocycles. The minimum absolute atomic E-state index is 0.800. The van der Waals surface area contributed by atoms with Crippen molar-refractivity contribution in [2.75, 3.05) is 0 Å². The average molecular weight is 492 g/mol. The van der Waals surface area contributed by atoms with Gasteiger partial charge < -0.3 is 0 Å². The molecular weight excluding hydrogens is 462 g/mol. The van der Waals surface area contributed by atoms with E-state index in [-0.39, 0.29) is 0 Å². The Kier molecular flexibility index (Phi) is 7.76. The standard InChI is InChI=1S/C25H29.2ClH.Zr/c1-3-7-18(8-4-1)20-11-13-24-22(15-20)17-23-16-21(12-14-25(23)24)19-9-5-2-6-10-19;;;/h11-19H,1-10H2;2*1H;/q;;;+2/p-2. The van der Waals surface area contributed by atoms with E-state index in [2.05, 4.69) is 42.8 Å². The quantitative estimate of drug-likeness (QED) is 0.336. The van der Waals surface area contributed by atoms with E-state index in [0.717, 1.165) is 11.8 Å². The van der Waals surface area contributed by atoms with Crippen LogP contribution in [0.4, 0.5) is 0 Å². The van der Waals surface area contributed by atoms with E-state index in [1.165, 1.54) is 86.5 Å². The van der Waals surface area contributed by atoms with E-state index in [9.17, 15) is 0 Å². The first-order chi connectivity index (χ1) is 13.8. The van der Waals surface area contributed by atoms with Crippen LogP contribution >= 0.6 is 17.0 Å². The van der Waals surface area contributed by atoms with Crippen molar-refractivity contribution in [2.45, 2.75) is 76.0 Å². The number of benzene rings is 2. The van der Waals surface area contributed by atoms with Crippen LogP contribution in [0.3, 0.4) is 0 Å². The third-order valence-corrected chi connectivity index (χ3v) is 6.91. The van der Waals surface area contributed by atoms with Gasteiger partial charge in [0, 0.05) is 6.42 Å². The molecule has 0 N–H and O–H groups in total. The molecule has 2 aromatic rings. The number of hydrogen-bond acceptors (Lipinski definition) is 0. The fourth-order valence-corrected chi connectivity index (χ4v) is 5.44. The minimum atomic E-state index is -0.826. The SMILES string of the molecule is [CH]1c2cc(C3CCCCC3)ccc2-c2ccc(C3CCCCC3)cc21.[Cl][Zr][Cl]. The Labute approximate surface area is 189 Å². The van der Waals surface area contributed by atoms with Crippen LogP contribution in [0.25, 0.3) is 11.1 Å². The molecule has 28 heavy (non-hydrogen) atoms. The van der Waals surface area contributed by atoms with Crippen molar-refractivity contribution in [2.24, 2.45) is 0 Å². The summed E-state index contributed by atoms with van der Waals surface area (Å²) in [7, 11) is 9.87. The number of fused-ring (bicyclic) bond motifs is 3. The molecule has 2 fully saturated rings. The van der Waals surface area contributed by atoms with Crippen LogP contribution in [0.2, 0.25) is 0 Å². The molecule has 0 spiro atoms. The molecule has 0 aromatic heterocycles. The van der Waals surface area contributed by atoms with Crippen LogP contribution in [0.15, 0.2) is 36.4 Å². The Morgan fingerprint density at radius 1 is 0.607 bits per heavy atom. The molecule has 3 aliphatic carbocycles. The molecule has 0 nitrogen and oxygen atoms in total. The normalized spacial score (nSPS) is 19.4. The summed E-state index contributed by atoms with van der Waals surface area (Å²) in [5.74, 6) is 1.60. The molecule has 1 radical (unpaired) electrons. The molecule has 3 heteroatoms. The van der Waals surface area contributed by atoms with Crippen LogP contribution in [0.1, 0.15) is 98.3 Å². The molecule has 5 rings (SSSR count). The fourth-order valence-electron chi connectivity index (χ4n) is 5.44. The second-order valence-electron chi connectivity index (χ2n) is 8.58. The second kappa shape index (κ2) is 10.3. The average Bonchev–Trinajstić information content (AvgIpc) is 3.12. The van der Waals surface area contributed by atoms with Gasteiger partial charge in [-0.15, -0.1) is 0 Å². The third-order valence-electron chi connectivity index (χ3n) is 6.91. The summed E-state index contributed by atoms with van der Waals surface area (Å²) in [5, 5.41) is 0. The summed E-state index contributed by atoms with van der Waals surface area (Å²) < 4.78 is 0. The van der Waals surface area contributed by atoms with Crippen molar-refractivity contribution in [3.63, 3.8) is 0 Å². The molecule has 0 aliphatic heterocycles. The summed E-state index contributed by atoms with van der Waals surface area (Å²) in [5.41, 5.74) is 8.97. The number of halogens is 2. The van der Waals surface area contributed by atoms with E-state index in [0.29, 0.717) is 0 Å². The molecule has 0 saturated heterocycles. The Bertz CT molecular complexity index is 724. The van der Waals surface area contributed by atoms with Crippen molar-refractivity contribution >= 4 is 17.0 Å². The van der Waals surface area contributed by atoms with Gasteiger partial charge in [-0.3, -0.25) is 0 Å². The van der Waals surface area contributed by atoms with Crippen molar-refractivity contribution < 1.29 is 20.8 Å². The van der Waals surface area contributed by atoms with Gasteiger partial charge in [-0.1, -0.05) is 74.9 Å². The summed E-state index contributed by atoms with van der Waals surface area (Å²) in [6.07, 6.45) is 16.5. The molecule has 0 unspecified atom stereocenters. The molecule has 2 saturated carbocycles. The van der Waals surface area contributed by atoms with Gasteiger partial charge in [0.05, 0.1) is 0 Å². The van der Waals surface area contributed by atoms with Crippen molar-refractivity contribution in [1.29, 1.82) is 0 Å². The topological polar surface area (TPSA) is 0 Å². The molecule has 0 atom stereocenters. The Morgan fingerprint density at radius 2 is 1.00 bits per heavy atom. The van der Waals surface area contributed by atoms with Crippen LogP contribution in [-0.2, 0) is 20.8 Å². The molecule has 0 amide bonds. The van der Waals surface area contributed by atoms with Gasteiger partial charge in [-0.2, -0.15) is 0 Å². The van der Waals surface area contributed by atoms with Crippen LogP contribution in [0, 0.1) is 6.42 Å². The second-order valence-corrected chi connectivity index (χ2v) is 12.3. The van der Waals surface area contributed by atoms with Gasteiger partial charge in [0.15, 0.2) is 0 Å². The number of hydrogen-bond donors (Lipinski definition) is 0. The van der Waals surface area contributed by atoms with E-state index >= 15 is 0 Å². The maximum absolute atomic E-state index is 4.93. The molecule has 147 valence electrons. The predicted octanol–water partition coefficient (Wildman–Crippen LogP) is 8.74. The Balaban J connectivity index is 0.000000604. The van der Waals surface area contributed by atoms with Gasteiger partial charge in [0.2, 0.25) is 0 Å². The summed E-state index contributed by atoms with van der Waals surface area (Å²) in [4.78, 5) is 0. The van der Waals surface area contributed by atoms with E-state index < -0.39 is 20.8 Å². The van der Waals surface area contributed by atoms with Crippen molar-refractivity contribution in [3.05, 3.63) is 65.1 Å². The van der Waals surface area contributed by atoms with E-state index in [1.54, 1.807) is 11.1 Å². The first kappa shape index (κ1) is 21.1. The first-order valence-corrected chi connectivity index (χ1v) is 17.2. The Hall–Kier alpha value is -0.0969. The van der Waals surface area contributed by atoms with Gasteiger partial charge >= 0.3 is 37.9 Å². The zero-order valence-electron chi connectivity index (χ0n) is 16.5. The molecular formula is C25H29Cl2Zr. The third kappa shape index (κ3) is 4.79. The maximum atomic E-state index is 4.93. The molecule has 0 bridgehead atoms. The summed E-state index contributed by atoms with van der Waals surface area (Å²) in [6.45, 7) is 0. The van der Waals surface area contributed by atoms with Gasteiger partial charge in [-0.05, 0) is 70.9 Å². The fraction of sp³-hybridized carbons (Fsp3) is 0.480. The summed E-state index contributed by atoms with van der Waals surface area (Å²) in [6, 6.07) is 14.6.